The average molecular weight is 467 g/mol. The Morgan fingerprint density at radius 1 is 1.38 bits per heavy atom. The highest BCUT2D eigenvalue weighted by Gasteiger charge is 2.23. The van der Waals surface area contributed by atoms with Gasteiger partial charge in [-0.05, 0) is 56.7 Å². The predicted molar refractivity (Wildman–Crippen MR) is 84.6 cm³/mol. The summed E-state index contributed by atoms with van der Waals surface area (Å²) in [4.78, 5) is 33.2. The Morgan fingerprint density at radius 2 is 2.10 bits per heavy atom. The maximum absolute atomic E-state index is 11.5. The number of imide groups is 1. The van der Waals surface area contributed by atoms with Crippen molar-refractivity contribution < 1.29 is 24.2 Å². The number of aliphatic carboxylic acids is 1. The smallest absolute Gasteiger partial charge is 0.341 e. The first-order chi connectivity index (χ1) is 9.86. The molecule has 1 aromatic carbocycles. The lowest BCUT2D eigenvalue weighted by atomic mass is 10.1. The summed E-state index contributed by atoms with van der Waals surface area (Å²) in [5.41, 5.74) is 0.538. The van der Waals surface area contributed by atoms with Gasteiger partial charge in [-0.3, -0.25) is 10.1 Å². The van der Waals surface area contributed by atoms with Crippen molar-refractivity contribution >= 4 is 62.5 Å². The molecule has 1 heterocycles. The molecule has 3 N–H and O–H groups in total. The summed E-state index contributed by atoms with van der Waals surface area (Å²) in [6, 6.07) is 2.84. The quantitative estimate of drug-likeness (QED) is 0.356. The third kappa shape index (κ3) is 3.94. The molecule has 0 unspecified atom stereocenters. The molecule has 3 amide bonds. The molecule has 1 aliphatic rings. The van der Waals surface area contributed by atoms with Gasteiger partial charge in [0.2, 0.25) is 0 Å². The number of carbonyl (C=O) groups excluding carboxylic acids is 2. The van der Waals surface area contributed by atoms with Crippen LogP contribution in [0, 0.1) is 3.57 Å². The number of amides is 3. The van der Waals surface area contributed by atoms with Crippen LogP contribution in [0.3, 0.4) is 0 Å². The third-order valence-electron chi connectivity index (χ3n) is 2.40. The molecule has 21 heavy (non-hydrogen) atoms. The Balaban J connectivity index is 2.41. The molecule has 0 saturated carbocycles. The van der Waals surface area contributed by atoms with Gasteiger partial charge in [0.15, 0.2) is 6.61 Å². The number of carboxylic acid groups (broad SMARTS) is 1. The van der Waals surface area contributed by atoms with E-state index in [-0.39, 0.29) is 11.4 Å². The minimum Gasteiger partial charge on any atom is -0.480 e. The van der Waals surface area contributed by atoms with Crippen LogP contribution in [0.4, 0.5) is 4.79 Å². The molecule has 110 valence electrons. The minimum atomic E-state index is -1.12. The second kappa shape index (κ2) is 6.43. The molecule has 1 aromatic rings. The van der Waals surface area contributed by atoms with Gasteiger partial charge in [-0.1, -0.05) is 0 Å². The van der Waals surface area contributed by atoms with E-state index in [1.165, 1.54) is 6.08 Å². The summed E-state index contributed by atoms with van der Waals surface area (Å²) in [7, 11) is 0. The standard InChI is InChI=1S/C12H8BrIN2O5/c13-7-3-6(14)1-5(10(7)21-4-9(17)18)2-8-11(19)16-12(20)15-8/h1-3H,4H2,(H,17,18)(H2,15,16,19,20). The van der Waals surface area contributed by atoms with Gasteiger partial charge >= 0.3 is 12.0 Å². The number of carboxylic acids is 1. The molecule has 9 heteroatoms. The third-order valence-corrected chi connectivity index (χ3v) is 3.61. The minimum absolute atomic E-state index is 0.0640. The Bertz CT molecular complexity index is 674. The van der Waals surface area contributed by atoms with Crippen LogP contribution in [0.5, 0.6) is 5.75 Å². The van der Waals surface area contributed by atoms with Crippen LogP contribution >= 0.6 is 38.5 Å². The van der Waals surface area contributed by atoms with Gasteiger partial charge in [-0.25, -0.2) is 9.59 Å². The molecule has 0 spiro atoms. The van der Waals surface area contributed by atoms with Crippen molar-refractivity contribution in [3.63, 3.8) is 0 Å². The topological polar surface area (TPSA) is 105 Å². The number of hydrogen-bond donors (Lipinski definition) is 3. The summed E-state index contributed by atoms with van der Waals surface area (Å²) >= 11 is 5.35. The highest BCUT2D eigenvalue weighted by Crippen LogP contribution is 2.33. The fourth-order valence-corrected chi connectivity index (χ4v) is 3.28. The fourth-order valence-electron chi connectivity index (χ4n) is 1.61. The molecule has 0 bridgehead atoms. The molecular weight excluding hydrogens is 459 g/mol. The molecule has 0 radical (unpaired) electrons. The summed E-state index contributed by atoms with van der Waals surface area (Å²) in [5, 5.41) is 13.1. The second-order valence-electron chi connectivity index (χ2n) is 3.95. The molecule has 7 nitrogen and oxygen atoms in total. The van der Waals surface area contributed by atoms with E-state index in [2.05, 4.69) is 49.2 Å². The van der Waals surface area contributed by atoms with Crippen molar-refractivity contribution in [3.05, 3.63) is 31.4 Å². The number of halogens is 2. The number of urea groups is 1. The Hall–Kier alpha value is -1.62. The SMILES string of the molecule is O=C(O)COc1c(Br)cc(I)cc1C=C1NC(=O)NC1=O. The molecule has 0 aliphatic carbocycles. The van der Waals surface area contributed by atoms with Crippen LogP contribution in [0.2, 0.25) is 0 Å². The highest BCUT2D eigenvalue weighted by atomic mass is 127. The van der Waals surface area contributed by atoms with Crippen molar-refractivity contribution in [2.24, 2.45) is 0 Å². The zero-order chi connectivity index (χ0) is 15.6. The summed E-state index contributed by atoms with van der Waals surface area (Å²) in [6.45, 7) is -0.520. The van der Waals surface area contributed by atoms with Crippen molar-refractivity contribution in [3.8, 4) is 5.75 Å². The maximum atomic E-state index is 11.5. The molecule has 1 saturated heterocycles. The molecule has 2 rings (SSSR count). The lowest BCUT2D eigenvalue weighted by Crippen LogP contribution is -2.22. The van der Waals surface area contributed by atoms with E-state index in [0.29, 0.717) is 10.0 Å². The molecule has 1 fully saturated rings. The van der Waals surface area contributed by atoms with E-state index in [9.17, 15) is 14.4 Å². The van der Waals surface area contributed by atoms with Crippen LogP contribution in [0.25, 0.3) is 6.08 Å². The van der Waals surface area contributed by atoms with Gasteiger partial charge < -0.3 is 15.2 Å². The average Bonchev–Trinajstić information content (AvgIpc) is 2.66. The van der Waals surface area contributed by atoms with Crippen LogP contribution in [0.1, 0.15) is 5.56 Å². The first kappa shape index (κ1) is 15.8. The second-order valence-corrected chi connectivity index (χ2v) is 6.05. The van der Waals surface area contributed by atoms with E-state index in [0.717, 1.165) is 3.57 Å². The van der Waals surface area contributed by atoms with Gasteiger partial charge in [0.1, 0.15) is 11.4 Å². The first-order valence-corrected chi connectivity index (χ1v) is 7.41. The van der Waals surface area contributed by atoms with Crippen LogP contribution in [-0.2, 0) is 9.59 Å². The number of carbonyl (C=O) groups is 3. The van der Waals surface area contributed by atoms with Crippen molar-refractivity contribution in [1.82, 2.24) is 10.6 Å². The normalized spacial score (nSPS) is 15.8. The predicted octanol–water partition coefficient (Wildman–Crippen LogP) is 1.70. The number of hydrogen-bond acceptors (Lipinski definition) is 4. The van der Waals surface area contributed by atoms with Gasteiger partial charge in [0.05, 0.1) is 4.47 Å². The monoisotopic (exact) mass is 466 g/mol. The number of rotatable bonds is 4. The van der Waals surface area contributed by atoms with E-state index in [1.54, 1.807) is 12.1 Å². The lowest BCUT2D eigenvalue weighted by Gasteiger charge is -2.11. The van der Waals surface area contributed by atoms with E-state index in [4.69, 9.17) is 9.84 Å². The van der Waals surface area contributed by atoms with Gasteiger partial charge in [0.25, 0.3) is 5.91 Å². The highest BCUT2D eigenvalue weighted by molar-refractivity contribution is 14.1. The van der Waals surface area contributed by atoms with Gasteiger partial charge in [-0.15, -0.1) is 0 Å². The first-order valence-electron chi connectivity index (χ1n) is 5.54. The lowest BCUT2D eigenvalue weighted by molar-refractivity contribution is -0.139. The Morgan fingerprint density at radius 3 is 2.67 bits per heavy atom. The summed E-state index contributed by atoms with van der Waals surface area (Å²) in [6.07, 6.45) is 1.42. The molecule has 0 aromatic heterocycles. The van der Waals surface area contributed by atoms with Gasteiger partial charge in [-0.2, -0.15) is 0 Å². The van der Waals surface area contributed by atoms with E-state index >= 15 is 0 Å². The van der Waals surface area contributed by atoms with Crippen LogP contribution < -0.4 is 15.4 Å². The van der Waals surface area contributed by atoms with E-state index in [1.807, 2.05) is 0 Å². The molecule has 1 aliphatic heterocycles. The van der Waals surface area contributed by atoms with Gasteiger partial charge in [0, 0.05) is 9.13 Å². The number of ether oxygens (including phenoxy) is 1. The summed E-state index contributed by atoms with van der Waals surface area (Å²) < 4.78 is 6.61. The van der Waals surface area contributed by atoms with Crippen molar-refractivity contribution in [2.75, 3.05) is 6.61 Å². The zero-order valence-corrected chi connectivity index (χ0v) is 14.0. The van der Waals surface area contributed by atoms with E-state index < -0.39 is 24.5 Å². The number of nitrogens with one attached hydrogen (secondary N) is 2. The summed E-state index contributed by atoms with van der Waals surface area (Å²) in [5.74, 6) is -1.40. The zero-order valence-electron chi connectivity index (χ0n) is 10.3. The van der Waals surface area contributed by atoms with Crippen LogP contribution in [-0.4, -0.2) is 29.6 Å². The Kier molecular flexibility index (Phi) is 4.83. The fraction of sp³-hybridized carbons (Fsp3) is 0.0833. The molecule has 0 atom stereocenters. The van der Waals surface area contributed by atoms with Crippen molar-refractivity contribution in [1.29, 1.82) is 0 Å². The maximum Gasteiger partial charge on any atom is 0.341 e. The van der Waals surface area contributed by atoms with Crippen molar-refractivity contribution in [2.45, 2.75) is 0 Å². The Labute approximate surface area is 141 Å². The largest absolute Gasteiger partial charge is 0.480 e. The number of benzene rings is 1. The molecular formula is C12H8BrIN2O5. The van der Waals surface area contributed by atoms with Crippen LogP contribution in [0.15, 0.2) is 22.3 Å².